The maximum Gasteiger partial charge on any atom is 0.0524 e. The molecular weight excluding hydrogens is 258 g/mol. The van der Waals surface area contributed by atoms with E-state index in [4.69, 9.17) is 0 Å². The standard InChI is InChI=1S/C16H33N3.C2H6/c1-9-10-15(5,6)13-11-19(18-17-13)16(7,8)12-14(2,3)4;1-2/h11,17-18H,9-10,12H2,1-8H3;1-2H3. The first-order chi connectivity index (χ1) is 9.48. The molecule has 1 aliphatic heterocycles. The largest absolute Gasteiger partial charge is 0.306 e. The number of rotatable bonds is 5. The molecule has 0 saturated heterocycles. The van der Waals surface area contributed by atoms with Gasteiger partial charge in [0.15, 0.2) is 0 Å². The first-order valence-electron chi connectivity index (χ1n) is 8.51. The summed E-state index contributed by atoms with van der Waals surface area (Å²) in [6.45, 7) is 22.3. The Hall–Kier alpha value is -0.700. The van der Waals surface area contributed by atoms with Gasteiger partial charge in [-0.2, -0.15) is 0 Å². The van der Waals surface area contributed by atoms with Crippen molar-refractivity contribution in [1.82, 2.24) is 16.0 Å². The van der Waals surface area contributed by atoms with E-state index in [1.165, 1.54) is 18.5 Å². The lowest BCUT2D eigenvalue weighted by Gasteiger charge is -2.39. The Bertz CT molecular complexity index is 335. The first kappa shape index (κ1) is 20.3. The van der Waals surface area contributed by atoms with Gasteiger partial charge in [0, 0.05) is 11.6 Å². The van der Waals surface area contributed by atoms with Gasteiger partial charge >= 0.3 is 0 Å². The zero-order chi connectivity index (χ0) is 16.9. The zero-order valence-electron chi connectivity index (χ0n) is 16.1. The van der Waals surface area contributed by atoms with Crippen molar-refractivity contribution >= 4 is 0 Å². The number of hydrazine groups is 2. The fourth-order valence-corrected chi connectivity index (χ4v) is 3.13. The minimum Gasteiger partial charge on any atom is -0.306 e. The lowest BCUT2D eigenvalue weighted by Crippen LogP contribution is -2.51. The molecule has 3 nitrogen and oxygen atoms in total. The van der Waals surface area contributed by atoms with Crippen LogP contribution in [0, 0.1) is 10.8 Å². The van der Waals surface area contributed by atoms with E-state index in [2.05, 4.69) is 77.6 Å². The van der Waals surface area contributed by atoms with Gasteiger partial charge in [0.1, 0.15) is 0 Å². The molecular formula is C18H39N3. The van der Waals surface area contributed by atoms with Crippen LogP contribution in [-0.4, -0.2) is 10.5 Å². The number of hydrogen-bond donors (Lipinski definition) is 2. The van der Waals surface area contributed by atoms with Crippen LogP contribution in [0.5, 0.6) is 0 Å². The van der Waals surface area contributed by atoms with Gasteiger partial charge in [0.2, 0.25) is 0 Å². The van der Waals surface area contributed by atoms with Gasteiger partial charge in [-0.25, -0.2) is 0 Å². The van der Waals surface area contributed by atoms with Gasteiger partial charge in [-0.1, -0.05) is 61.8 Å². The van der Waals surface area contributed by atoms with Crippen molar-refractivity contribution in [2.75, 3.05) is 0 Å². The Morgan fingerprint density at radius 1 is 1.00 bits per heavy atom. The molecule has 0 aromatic rings. The average molecular weight is 298 g/mol. The van der Waals surface area contributed by atoms with Gasteiger partial charge in [-0.15, -0.1) is 5.53 Å². The molecule has 0 fully saturated rings. The van der Waals surface area contributed by atoms with E-state index in [0.717, 1.165) is 6.42 Å². The maximum absolute atomic E-state index is 3.36. The fraction of sp³-hybridized carbons (Fsp3) is 0.889. The van der Waals surface area contributed by atoms with Gasteiger partial charge < -0.3 is 5.43 Å². The topological polar surface area (TPSA) is 27.3 Å². The van der Waals surface area contributed by atoms with Crippen LogP contribution in [0.15, 0.2) is 11.9 Å². The lowest BCUT2D eigenvalue weighted by atomic mass is 9.81. The molecule has 0 spiro atoms. The lowest BCUT2D eigenvalue weighted by molar-refractivity contribution is 0.0782. The molecule has 0 aromatic carbocycles. The molecule has 2 N–H and O–H groups in total. The minimum atomic E-state index is 0.0926. The van der Waals surface area contributed by atoms with E-state index < -0.39 is 0 Å². The quantitative estimate of drug-likeness (QED) is 0.728. The summed E-state index contributed by atoms with van der Waals surface area (Å²) in [7, 11) is 0. The molecule has 0 atom stereocenters. The smallest absolute Gasteiger partial charge is 0.0524 e. The van der Waals surface area contributed by atoms with Crippen molar-refractivity contribution in [1.29, 1.82) is 0 Å². The van der Waals surface area contributed by atoms with E-state index >= 15 is 0 Å². The summed E-state index contributed by atoms with van der Waals surface area (Å²) in [5.41, 5.74) is 8.59. The average Bonchev–Trinajstić information content (AvgIpc) is 2.79. The summed E-state index contributed by atoms with van der Waals surface area (Å²) in [6.07, 6.45) is 5.78. The molecule has 1 aliphatic rings. The maximum atomic E-state index is 3.36. The van der Waals surface area contributed by atoms with Crippen LogP contribution in [0.3, 0.4) is 0 Å². The fourth-order valence-electron chi connectivity index (χ4n) is 3.13. The highest BCUT2D eigenvalue weighted by Crippen LogP contribution is 2.35. The molecule has 3 heteroatoms. The molecule has 0 aliphatic carbocycles. The van der Waals surface area contributed by atoms with Crippen LogP contribution in [0.25, 0.3) is 0 Å². The van der Waals surface area contributed by atoms with Gasteiger partial charge in [-0.3, -0.25) is 5.01 Å². The minimum absolute atomic E-state index is 0.0926. The van der Waals surface area contributed by atoms with Crippen molar-refractivity contribution in [3.8, 4) is 0 Å². The zero-order valence-corrected chi connectivity index (χ0v) is 16.1. The number of nitrogens with one attached hydrogen (secondary N) is 2. The Balaban J connectivity index is 0.00000191. The summed E-state index contributed by atoms with van der Waals surface area (Å²) in [5, 5.41) is 2.23. The first-order valence-corrected chi connectivity index (χ1v) is 8.51. The molecule has 0 saturated carbocycles. The Morgan fingerprint density at radius 2 is 1.52 bits per heavy atom. The molecule has 21 heavy (non-hydrogen) atoms. The van der Waals surface area contributed by atoms with Crippen LogP contribution in [0.4, 0.5) is 0 Å². The highest BCUT2D eigenvalue weighted by molar-refractivity contribution is 5.13. The summed E-state index contributed by atoms with van der Waals surface area (Å²) < 4.78 is 0. The number of allylic oxidation sites excluding steroid dienone is 1. The predicted octanol–water partition coefficient (Wildman–Crippen LogP) is 5.22. The van der Waals surface area contributed by atoms with Crippen LogP contribution in [0.2, 0.25) is 0 Å². The van der Waals surface area contributed by atoms with Crippen LogP contribution in [0.1, 0.15) is 88.5 Å². The SMILES string of the molecule is CC.CCCC(C)(C)C1=CN(C(C)(C)CC(C)(C)C)NN1. The monoisotopic (exact) mass is 297 g/mol. The van der Waals surface area contributed by atoms with Gasteiger partial charge in [0.05, 0.1) is 11.2 Å². The molecule has 126 valence electrons. The molecule has 0 radical (unpaired) electrons. The van der Waals surface area contributed by atoms with Crippen molar-refractivity contribution in [2.24, 2.45) is 10.8 Å². The third-order valence-electron chi connectivity index (χ3n) is 3.79. The molecule has 0 unspecified atom stereocenters. The Morgan fingerprint density at radius 3 is 1.95 bits per heavy atom. The number of hydrogen-bond acceptors (Lipinski definition) is 3. The summed E-state index contributed by atoms with van der Waals surface area (Å²) in [4.78, 5) is 0. The van der Waals surface area contributed by atoms with E-state index in [1.54, 1.807) is 0 Å². The molecule has 0 amide bonds. The van der Waals surface area contributed by atoms with Crippen LogP contribution < -0.4 is 11.0 Å². The van der Waals surface area contributed by atoms with Gasteiger partial charge in [-0.05, 0) is 32.1 Å². The Labute approximate surface area is 133 Å². The second kappa shape index (κ2) is 7.53. The number of nitrogens with zero attached hydrogens (tertiary/aromatic N) is 1. The van der Waals surface area contributed by atoms with Gasteiger partial charge in [0.25, 0.3) is 0 Å². The van der Waals surface area contributed by atoms with Crippen molar-refractivity contribution < 1.29 is 0 Å². The summed E-state index contributed by atoms with van der Waals surface area (Å²) in [5.74, 6) is 0. The normalized spacial score (nSPS) is 16.1. The third kappa shape index (κ3) is 6.29. The molecule has 0 bridgehead atoms. The molecule has 1 heterocycles. The van der Waals surface area contributed by atoms with E-state index in [-0.39, 0.29) is 11.0 Å². The van der Waals surface area contributed by atoms with E-state index in [1.807, 2.05) is 13.8 Å². The summed E-state index contributed by atoms with van der Waals surface area (Å²) >= 11 is 0. The van der Waals surface area contributed by atoms with Crippen molar-refractivity contribution in [3.63, 3.8) is 0 Å². The second-order valence-corrected chi connectivity index (χ2v) is 8.33. The van der Waals surface area contributed by atoms with E-state index in [9.17, 15) is 0 Å². The summed E-state index contributed by atoms with van der Waals surface area (Å²) in [6, 6.07) is 0. The Kier molecular flexibility index (Phi) is 7.28. The molecule has 0 aromatic heterocycles. The van der Waals surface area contributed by atoms with Crippen LogP contribution in [-0.2, 0) is 0 Å². The van der Waals surface area contributed by atoms with Crippen molar-refractivity contribution in [3.05, 3.63) is 11.9 Å². The highest BCUT2D eigenvalue weighted by Gasteiger charge is 2.35. The second-order valence-electron chi connectivity index (χ2n) is 8.33. The van der Waals surface area contributed by atoms with Crippen molar-refractivity contribution in [2.45, 2.75) is 94.0 Å². The molecule has 1 rings (SSSR count). The third-order valence-corrected chi connectivity index (χ3v) is 3.79. The van der Waals surface area contributed by atoms with Crippen LogP contribution >= 0.6 is 0 Å². The van der Waals surface area contributed by atoms with E-state index in [0.29, 0.717) is 5.41 Å². The highest BCUT2D eigenvalue weighted by atomic mass is 15.7. The predicted molar refractivity (Wildman–Crippen MR) is 94.4 cm³/mol.